The summed E-state index contributed by atoms with van der Waals surface area (Å²) >= 11 is 0. The molecule has 0 spiro atoms. The Morgan fingerprint density at radius 3 is 2.81 bits per heavy atom. The highest BCUT2D eigenvalue weighted by atomic mass is 16.2. The zero-order valence-corrected chi connectivity index (χ0v) is 10.2. The van der Waals surface area contributed by atoms with Crippen LogP contribution in [0.15, 0.2) is 11.6 Å². The highest BCUT2D eigenvalue weighted by molar-refractivity contribution is 5.73. The maximum Gasteiger partial charge on any atom is 0.219 e. The zero-order valence-electron chi connectivity index (χ0n) is 10.2. The van der Waals surface area contributed by atoms with Gasteiger partial charge < -0.3 is 10.2 Å². The van der Waals surface area contributed by atoms with Gasteiger partial charge in [0.2, 0.25) is 5.91 Å². The lowest BCUT2D eigenvalue weighted by molar-refractivity contribution is -0.128. The lowest BCUT2D eigenvalue weighted by atomic mass is 9.88. The van der Waals surface area contributed by atoms with E-state index in [0.29, 0.717) is 0 Å². The van der Waals surface area contributed by atoms with E-state index >= 15 is 0 Å². The molecule has 0 atom stereocenters. The number of amides is 1. The first kappa shape index (κ1) is 11.6. The first-order valence-electron chi connectivity index (χ1n) is 6.40. The van der Waals surface area contributed by atoms with E-state index < -0.39 is 0 Å². The summed E-state index contributed by atoms with van der Waals surface area (Å²) in [7, 11) is 0. The van der Waals surface area contributed by atoms with Crippen LogP contribution in [0.5, 0.6) is 0 Å². The predicted octanol–water partition coefficient (Wildman–Crippen LogP) is 1.55. The van der Waals surface area contributed by atoms with Crippen molar-refractivity contribution in [2.45, 2.75) is 32.6 Å². The molecule has 0 aromatic rings. The van der Waals surface area contributed by atoms with Crippen LogP contribution in [0.3, 0.4) is 0 Å². The molecular weight excluding hydrogens is 200 g/mol. The third-order valence-corrected chi connectivity index (χ3v) is 3.76. The Balaban J connectivity index is 1.80. The van der Waals surface area contributed by atoms with E-state index in [1.54, 1.807) is 12.5 Å². The average molecular weight is 222 g/mol. The second kappa shape index (κ2) is 5.48. The summed E-state index contributed by atoms with van der Waals surface area (Å²) < 4.78 is 0. The number of carbonyl (C=O) groups excluding carboxylic acids is 1. The predicted molar refractivity (Wildman–Crippen MR) is 65.2 cm³/mol. The molecule has 1 fully saturated rings. The van der Waals surface area contributed by atoms with Crippen LogP contribution < -0.4 is 5.32 Å². The highest BCUT2D eigenvalue weighted by Gasteiger charge is 2.18. The summed E-state index contributed by atoms with van der Waals surface area (Å²) in [6.45, 7) is 5.77. The molecule has 2 rings (SSSR count). The van der Waals surface area contributed by atoms with Crippen LogP contribution >= 0.6 is 0 Å². The Hall–Kier alpha value is -0.830. The summed E-state index contributed by atoms with van der Waals surface area (Å²) in [6, 6.07) is 0. The Bertz CT molecular complexity index is 280. The Labute approximate surface area is 97.9 Å². The SMILES string of the molecule is CC(=O)N1CC=C(CC2CCNCC2)CC1. The molecule has 3 heteroatoms. The van der Waals surface area contributed by atoms with Crippen LogP contribution in [0.25, 0.3) is 0 Å². The van der Waals surface area contributed by atoms with E-state index in [2.05, 4.69) is 11.4 Å². The van der Waals surface area contributed by atoms with Crippen molar-refractivity contribution in [1.29, 1.82) is 0 Å². The quantitative estimate of drug-likeness (QED) is 0.719. The van der Waals surface area contributed by atoms with Gasteiger partial charge >= 0.3 is 0 Å². The maximum atomic E-state index is 11.2. The van der Waals surface area contributed by atoms with Gasteiger partial charge in [-0.05, 0) is 44.7 Å². The second-order valence-corrected chi connectivity index (χ2v) is 4.97. The van der Waals surface area contributed by atoms with E-state index in [1.165, 1.54) is 32.4 Å². The third kappa shape index (κ3) is 3.08. The summed E-state index contributed by atoms with van der Waals surface area (Å²) in [6.07, 6.45) is 7.24. The van der Waals surface area contributed by atoms with Crippen molar-refractivity contribution in [3.8, 4) is 0 Å². The Kier molecular flexibility index (Phi) is 3.99. The molecule has 90 valence electrons. The van der Waals surface area contributed by atoms with Gasteiger partial charge in [-0.25, -0.2) is 0 Å². The molecule has 0 saturated carbocycles. The lowest BCUT2D eigenvalue weighted by Crippen LogP contribution is -2.33. The summed E-state index contributed by atoms with van der Waals surface area (Å²) in [5.41, 5.74) is 1.57. The van der Waals surface area contributed by atoms with Crippen LogP contribution in [0.2, 0.25) is 0 Å². The van der Waals surface area contributed by atoms with Gasteiger partial charge in [-0.2, -0.15) is 0 Å². The topological polar surface area (TPSA) is 32.3 Å². The van der Waals surface area contributed by atoms with Crippen molar-refractivity contribution in [1.82, 2.24) is 10.2 Å². The minimum atomic E-state index is 0.206. The Morgan fingerprint density at radius 2 is 2.25 bits per heavy atom. The molecule has 0 aliphatic carbocycles. The molecular formula is C13H22N2O. The molecule has 16 heavy (non-hydrogen) atoms. The highest BCUT2D eigenvalue weighted by Crippen LogP contribution is 2.24. The number of rotatable bonds is 2. The first-order chi connectivity index (χ1) is 7.75. The molecule has 2 aliphatic heterocycles. The smallest absolute Gasteiger partial charge is 0.219 e. The fourth-order valence-corrected chi connectivity index (χ4v) is 2.64. The van der Waals surface area contributed by atoms with E-state index in [0.717, 1.165) is 25.4 Å². The van der Waals surface area contributed by atoms with Crippen molar-refractivity contribution in [2.24, 2.45) is 5.92 Å². The number of piperidine rings is 1. The van der Waals surface area contributed by atoms with Crippen LogP contribution in [-0.4, -0.2) is 37.0 Å². The zero-order chi connectivity index (χ0) is 11.4. The van der Waals surface area contributed by atoms with Crippen molar-refractivity contribution < 1.29 is 4.79 Å². The second-order valence-electron chi connectivity index (χ2n) is 4.97. The maximum absolute atomic E-state index is 11.2. The lowest BCUT2D eigenvalue weighted by Gasteiger charge is -2.28. The minimum Gasteiger partial charge on any atom is -0.339 e. The van der Waals surface area contributed by atoms with Crippen molar-refractivity contribution in [3.05, 3.63) is 11.6 Å². The molecule has 0 aromatic heterocycles. The van der Waals surface area contributed by atoms with E-state index in [1.807, 2.05) is 4.90 Å². The number of nitrogens with zero attached hydrogens (tertiary/aromatic N) is 1. The fraction of sp³-hybridized carbons (Fsp3) is 0.769. The van der Waals surface area contributed by atoms with Gasteiger partial charge in [0.05, 0.1) is 0 Å². The minimum absolute atomic E-state index is 0.206. The van der Waals surface area contributed by atoms with Gasteiger partial charge in [0.1, 0.15) is 0 Å². The standard InChI is InChI=1S/C13H22N2O/c1-11(16)15-8-4-13(5-9-15)10-12-2-6-14-7-3-12/h4,12,14H,2-3,5-10H2,1H3. The number of nitrogens with one attached hydrogen (secondary N) is 1. The summed E-state index contributed by atoms with van der Waals surface area (Å²) in [5, 5.41) is 3.40. The van der Waals surface area contributed by atoms with Crippen LogP contribution in [0.4, 0.5) is 0 Å². The van der Waals surface area contributed by atoms with Gasteiger partial charge in [0, 0.05) is 20.0 Å². The van der Waals surface area contributed by atoms with Gasteiger partial charge in [-0.15, -0.1) is 0 Å². The number of carbonyl (C=O) groups is 1. The number of hydrogen-bond acceptors (Lipinski definition) is 2. The van der Waals surface area contributed by atoms with Gasteiger partial charge in [-0.1, -0.05) is 11.6 Å². The van der Waals surface area contributed by atoms with Crippen molar-refractivity contribution in [2.75, 3.05) is 26.2 Å². The average Bonchev–Trinajstić information content (AvgIpc) is 2.31. The summed E-state index contributed by atoms with van der Waals surface area (Å²) in [5.74, 6) is 1.08. The normalized spacial score (nSPS) is 23.1. The summed E-state index contributed by atoms with van der Waals surface area (Å²) in [4.78, 5) is 13.1. The van der Waals surface area contributed by atoms with Gasteiger partial charge in [0.15, 0.2) is 0 Å². The molecule has 2 heterocycles. The first-order valence-corrected chi connectivity index (χ1v) is 6.40. The van der Waals surface area contributed by atoms with E-state index in [4.69, 9.17) is 0 Å². The molecule has 0 radical (unpaired) electrons. The van der Waals surface area contributed by atoms with Crippen molar-refractivity contribution >= 4 is 5.91 Å². The van der Waals surface area contributed by atoms with Gasteiger partial charge in [-0.3, -0.25) is 4.79 Å². The van der Waals surface area contributed by atoms with Crippen LogP contribution in [0, 0.1) is 5.92 Å². The van der Waals surface area contributed by atoms with Crippen LogP contribution in [0.1, 0.15) is 32.6 Å². The van der Waals surface area contributed by atoms with Crippen molar-refractivity contribution in [3.63, 3.8) is 0 Å². The fourth-order valence-electron chi connectivity index (χ4n) is 2.64. The van der Waals surface area contributed by atoms with E-state index in [-0.39, 0.29) is 5.91 Å². The van der Waals surface area contributed by atoms with Crippen LogP contribution in [-0.2, 0) is 4.79 Å². The Morgan fingerprint density at radius 1 is 1.50 bits per heavy atom. The number of hydrogen-bond donors (Lipinski definition) is 1. The van der Waals surface area contributed by atoms with Gasteiger partial charge in [0.25, 0.3) is 0 Å². The molecule has 3 nitrogen and oxygen atoms in total. The largest absolute Gasteiger partial charge is 0.339 e. The molecule has 2 aliphatic rings. The molecule has 1 saturated heterocycles. The monoisotopic (exact) mass is 222 g/mol. The molecule has 0 unspecified atom stereocenters. The van der Waals surface area contributed by atoms with E-state index in [9.17, 15) is 4.79 Å². The molecule has 0 aromatic carbocycles. The third-order valence-electron chi connectivity index (χ3n) is 3.76. The molecule has 0 bridgehead atoms. The molecule has 1 amide bonds. The molecule has 1 N–H and O–H groups in total.